The third kappa shape index (κ3) is 3.31. The molecule has 0 aliphatic carbocycles. The third-order valence-corrected chi connectivity index (χ3v) is 5.51. The number of anilines is 1. The normalized spacial score (nSPS) is 11.4. The number of amides is 1. The predicted octanol–water partition coefficient (Wildman–Crippen LogP) is 3.28. The summed E-state index contributed by atoms with van der Waals surface area (Å²) >= 11 is 0. The van der Waals surface area contributed by atoms with E-state index in [-0.39, 0.29) is 4.90 Å². The molecule has 3 aromatic carbocycles. The highest BCUT2D eigenvalue weighted by Gasteiger charge is 2.22. The van der Waals surface area contributed by atoms with Gasteiger partial charge in [-0.3, -0.25) is 4.79 Å². The van der Waals surface area contributed by atoms with Crippen LogP contribution in [0.4, 0.5) is 5.69 Å². The number of rotatable bonds is 4. The molecular formula is C19H17NO3S. The Bertz CT molecular complexity index is 982. The van der Waals surface area contributed by atoms with E-state index < -0.39 is 21.5 Å². The van der Waals surface area contributed by atoms with E-state index in [1.807, 2.05) is 30.3 Å². The number of carbonyl (C=O) groups is 1. The average Bonchev–Trinajstić information content (AvgIpc) is 2.61. The Morgan fingerprint density at radius 2 is 1.50 bits per heavy atom. The van der Waals surface area contributed by atoms with E-state index in [1.54, 1.807) is 49.5 Å². The Labute approximate surface area is 141 Å². The summed E-state index contributed by atoms with van der Waals surface area (Å²) in [6.07, 6.45) is 0. The van der Waals surface area contributed by atoms with Crippen LogP contribution in [0.25, 0.3) is 10.8 Å². The first kappa shape index (κ1) is 16.2. The Kier molecular flexibility index (Phi) is 4.36. The zero-order valence-corrected chi connectivity index (χ0v) is 14.0. The molecule has 3 rings (SSSR count). The summed E-state index contributed by atoms with van der Waals surface area (Å²) < 4.78 is 25.1. The van der Waals surface area contributed by atoms with Gasteiger partial charge in [0.05, 0.1) is 4.90 Å². The maximum atomic E-state index is 12.6. The van der Waals surface area contributed by atoms with E-state index in [4.69, 9.17) is 0 Å². The summed E-state index contributed by atoms with van der Waals surface area (Å²) in [7, 11) is -2.12. The van der Waals surface area contributed by atoms with Crippen LogP contribution in [0.2, 0.25) is 0 Å². The summed E-state index contributed by atoms with van der Waals surface area (Å²) in [5.74, 6) is -1.02. The lowest BCUT2D eigenvalue weighted by molar-refractivity contribution is -0.115. The number of hydrogen-bond donors (Lipinski definition) is 0. The van der Waals surface area contributed by atoms with E-state index in [0.717, 1.165) is 10.8 Å². The van der Waals surface area contributed by atoms with Gasteiger partial charge in [-0.2, -0.15) is 0 Å². The fraction of sp³-hybridized carbons (Fsp3) is 0.105. The van der Waals surface area contributed by atoms with E-state index in [1.165, 1.54) is 4.90 Å². The van der Waals surface area contributed by atoms with E-state index in [0.29, 0.717) is 5.69 Å². The number of benzene rings is 3. The Hall–Kier alpha value is -2.66. The smallest absolute Gasteiger partial charge is 0.242 e. The Morgan fingerprint density at radius 1 is 0.875 bits per heavy atom. The number of carbonyl (C=O) groups excluding carboxylic acids is 1. The molecule has 3 aromatic rings. The van der Waals surface area contributed by atoms with Crippen LogP contribution in [0, 0.1) is 0 Å². The molecule has 0 aliphatic heterocycles. The Balaban J connectivity index is 1.85. The molecule has 0 fully saturated rings. The van der Waals surface area contributed by atoms with Crippen molar-refractivity contribution in [2.24, 2.45) is 0 Å². The number of para-hydroxylation sites is 1. The fourth-order valence-corrected chi connectivity index (χ4v) is 3.77. The monoisotopic (exact) mass is 339 g/mol. The van der Waals surface area contributed by atoms with Gasteiger partial charge in [0.2, 0.25) is 5.91 Å². The molecule has 0 bridgehead atoms. The fourth-order valence-electron chi connectivity index (χ4n) is 2.50. The van der Waals surface area contributed by atoms with Crippen LogP contribution in [0.5, 0.6) is 0 Å². The minimum absolute atomic E-state index is 0.163. The van der Waals surface area contributed by atoms with E-state index in [2.05, 4.69) is 0 Å². The van der Waals surface area contributed by atoms with E-state index >= 15 is 0 Å². The van der Waals surface area contributed by atoms with Gasteiger partial charge < -0.3 is 4.90 Å². The van der Waals surface area contributed by atoms with Gasteiger partial charge >= 0.3 is 0 Å². The topological polar surface area (TPSA) is 54.5 Å². The molecule has 4 nitrogen and oxygen atoms in total. The van der Waals surface area contributed by atoms with Crippen LogP contribution in [0.3, 0.4) is 0 Å². The highest BCUT2D eigenvalue weighted by molar-refractivity contribution is 7.92. The van der Waals surface area contributed by atoms with Gasteiger partial charge in [0.15, 0.2) is 9.84 Å². The van der Waals surface area contributed by atoms with Crippen molar-refractivity contribution in [2.45, 2.75) is 4.90 Å². The zero-order chi connectivity index (χ0) is 17.2. The first-order chi connectivity index (χ1) is 11.5. The number of hydrogen-bond acceptors (Lipinski definition) is 3. The maximum Gasteiger partial charge on any atom is 0.242 e. The van der Waals surface area contributed by atoms with Gasteiger partial charge in [0.1, 0.15) is 5.75 Å². The van der Waals surface area contributed by atoms with Gasteiger partial charge in [0, 0.05) is 12.7 Å². The first-order valence-corrected chi connectivity index (χ1v) is 9.16. The van der Waals surface area contributed by atoms with Gasteiger partial charge in [-0.15, -0.1) is 0 Å². The quantitative estimate of drug-likeness (QED) is 0.733. The van der Waals surface area contributed by atoms with Gasteiger partial charge in [0.25, 0.3) is 0 Å². The molecule has 0 heterocycles. The summed E-state index contributed by atoms with van der Waals surface area (Å²) in [5.41, 5.74) is 0.663. The van der Waals surface area contributed by atoms with Crippen LogP contribution in [0.1, 0.15) is 0 Å². The lowest BCUT2D eigenvalue weighted by atomic mass is 10.1. The molecule has 0 saturated heterocycles. The standard InChI is InChI=1S/C19H17NO3S/c1-20(17-9-3-2-4-10-17)19(21)14-24(22,23)18-12-11-15-7-5-6-8-16(15)13-18/h2-13H,14H2,1H3. The highest BCUT2D eigenvalue weighted by atomic mass is 32.2. The Morgan fingerprint density at radius 3 is 2.21 bits per heavy atom. The molecule has 24 heavy (non-hydrogen) atoms. The first-order valence-electron chi connectivity index (χ1n) is 7.50. The van der Waals surface area contributed by atoms with Crippen LogP contribution < -0.4 is 4.90 Å². The molecule has 0 saturated carbocycles. The summed E-state index contributed by atoms with van der Waals surface area (Å²) in [6.45, 7) is 0. The van der Waals surface area contributed by atoms with Crippen LogP contribution in [0.15, 0.2) is 77.7 Å². The lowest BCUT2D eigenvalue weighted by Gasteiger charge is -2.17. The number of fused-ring (bicyclic) bond motifs is 1. The lowest BCUT2D eigenvalue weighted by Crippen LogP contribution is -2.32. The SMILES string of the molecule is CN(C(=O)CS(=O)(=O)c1ccc2ccccc2c1)c1ccccc1. The minimum Gasteiger partial charge on any atom is -0.315 e. The molecule has 1 amide bonds. The molecule has 0 atom stereocenters. The molecule has 0 spiro atoms. The highest BCUT2D eigenvalue weighted by Crippen LogP contribution is 2.21. The predicted molar refractivity (Wildman–Crippen MR) is 95.9 cm³/mol. The van der Waals surface area contributed by atoms with Crippen molar-refractivity contribution in [3.05, 3.63) is 72.8 Å². The molecule has 0 aromatic heterocycles. The molecule has 0 unspecified atom stereocenters. The molecule has 122 valence electrons. The van der Waals surface area contributed by atoms with Crippen molar-refractivity contribution in [3.63, 3.8) is 0 Å². The van der Waals surface area contributed by atoms with Crippen molar-refractivity contribution in [1.82, 2.24) is 0 Å². The van der Waals surface area contributed by atoms with Crippen LogP contribution in [-0.4, -0.2) is 27.1 Å². The second kappa shape index (κ2) is 6.45. The summed E-state index contributed by atoms with van der Waals surface area (Å²) in [6, 6.07) is 21.4. The summed E-state index contributed by atoms with van der Waals surface area (Å²) in [5, 5.41) is 1.80. The molecule has 5 heteroatoms. The van der Waals surface area contributed by atoms with Crippen molar-refractivity contribution < 1.29 is 13.2 Å². The number of sulfone groups is 1. The van der Waals surface area contributed by atoms with E-state index in [9.17, 15) is 13.2 Å². The minimum atomic E-state index is -3.70. The van der Waals surface area contributed by atoms with Gasteiger partial charge in [-0.05, 0) is 35.0 Å². The third-order valence-electron chi connectivity index (χ3n) is 3.91. The summed E-state index contributed by atoms with van der Waals surface area (Å²) in [4.78, 5) is 13.9. The number of nitrogens with zero attached hydrogens (tertiary/aromatic N) is 1. The molecule has 0 radical (unpaired) electrons. The van der Waals surface area contributed by atoms with Crippen LogP contribution in [-0.2, 0) is 14.6 Å². The zero-order valence-electron chi connectivity index (χ0n) is 13.2. The maximum absolute atomic E-state index is 12.6. The van der Waals surface area contributed by atoms with Gasteiger partial charge in [-0.1, -0.05) is 48.5 Å². The largest absolute Gasteiger partial charge is 0.315 e. The van der Waals surface area contributed by atoms with Crippen LogP contribution >= 0.6 is 0 Å². The molecule has 0 N–H and O–H groups in total. The van der Waals surface area contributed by atoms with Crippen molar-refractivity contribution in [2.75, 3.05) is 17.7 Å². The van der Waals surface area contributed by atoms with Crippen molar-refractivity contribution in [1.29, 1.82) is 0 Å². The van der Waals surface area contributed by atoms with Gasteiger partial charge in [-0.25, -0.2) is 8.42 Å². The van der Waals surface area contributed by atoms with Crippen molar-refractivity contribution >= 4 is 32.2 Å². The van der Waals surface area contributed by atoms with Crippen molar-refractivity contribution in [3.8, 4) is 0 Å². The molecular weight excluding hydrogens is 322 g/mol. The second-order valence-electron chi connectivity index (χ2n) is 5.56. The second-order valence-corrected chi connectivity index (χ2v) is 7.55. The molecule has 0 aliphatic rings. The average molecular weight is 339 g/mol.